The lowest BCUT2D eigenvalue weighted by Crippen LogP contribution is -3.15. The third-order valence-corrected chi connectivity index (χ3v) is 4.52. The quantitative estimate of drug-likeness (QED) is 0.436. The second-order valence-corrected chi connectivity index (χ2v) is 6.52. The van der Waals surface area contributed by atoms with Crippen LogP contribution >= 0.6 is 0 Å². The predicted octanol–water partition coefficient (Wildman–Crippen LogP) is -0.873. The van der Waals surface area contributed by atoms with Crippen LogP contribution < -0.4 is 20.4 Å². The van der Waals surface area contributed by atoms with Gasteiger partial charge in [-0.2, -0.15) is 0 Å². The average Bonchev–Trinajstić information content (AvgIpc) is 2.67. The van der Waals surface area contributed by atoms with E-state index in [0.29, 0.717) is 19.8 Å². The van der Waals surface area contributed by atoms with Gasteiger partial charge in [0.1, 0.15) is 19.1 Å². The summed E-state index contributed by atoms with van der Waals surface area (Å²) in [7, 11) is 4.00. The number of amides is 2. The molecule has 0 aromatic heterocycles. The lowest BCUT2D eigenvalue weighted by molar-refractivity contribution is -0.937. The summed E-state index contributed by atoms with van der Waals surface area (Å²) in [4.78, 5) is 27.2. The van der Waals surface area contributed by atoms with Crippen LogP contribution in [-0.2, 0) is 14.3 Å². The van der Waals surface area contributed by atoms with Gasteiger partial charge in [-0.1, -0.05) is 18.2 Å². The molecule has 1 aromatic rings. The number of nitrogens with zero attached hydrogens (tertiary/aromatic N) is 1. The zero-order chi connectivity index (χ0) is 18.9. The molecular weight excluding hydrogens is 332 g/mol. The summed E-state index contributed by atoms with van der Waals surface area (Å²) < 4.78 is 5.46. The highest BCUT2D eigenvalue weighted by molar-refractivity contribution is 6.35. The first kappa shape index (κ1) is 19.9. The molecule has 0 radical (unpaired) electrons. The molecule has 1 heterocycles. The van der Waals surface area contributed by atoms with Gasteiger partial charge in [-0.15, -0.1) is 6.58 Å². The highest BCUT2D eigenvalue weighted by Crippen LogP contribution is 2.16. The molecule has 7 nitrogen and oxygen atoms in total. The van der Waals surface area contributed by atoms with Crippen molar-refractivity contribution in [3.05, 3.63) is 42.5 Å². The van der Waals surface area contributed by atoms with Crippen molar-refractivity contribution in [3.8, 4) is 0 Å². The fourth-order valence-corrected chi connectivity index (χ4v) is 3.00. The second kappa shape index (κ2) is 9.94. The molecule has 1 aliphatic heterocycles. The van der Waals surface area contributed by atoms with E-state index in [1.54, 1.807) is 0 Å². The number of morpholine rings is 1. The van der Waals surface area contributed by atoms with Crippen LogP contribution in [0.3, 0.4) is 0 Å². The van der Waals surface area contributed by atoms with Crippen LogP contribution in [0.15, 0.2) is 36.9 Å². The maximum Gasteiger partial charge on any atom is 0.309 e. The first-order valence-corrected chi connectivity index (χ1v) is 8.89. The summed E-state index contributed by atoms with van der Waals surface area (Å²) in [6.45, 7) is 7.35. The molecule has 2 amide bonds. The van der Waals surface area contributed by atoms with Crippen LogP contribution in [0.2, 0.25) is 0 Å². The monoisotopic (exact) mass is 361 g/mol. The molecule has 1 aliphatic rings. The van der Waals surface area contributed by atoms with Crippen molar-refractivity contribution in [2.75, 3.05) is 58.4 Å². The van der Waals surface area contributed by atoms with Crippen LogP contribution in [0, 0.1) is 0 Å². The Labute approximate surface area is 155 Å². The van der Waals surface area contributed by atoms with E-state index in [1.807, 2.05) is 19.0 Å². The summed E-state index contributed by atoms with van der Waals surface area (Å²) in [5.41, 5.74) is 2.26. The first-order chi connectivity index (χ1) is 12.5. The largest absolute Gasteiger partial charge is 0.378 e. The topological polar surface area (TPSA) is 75.1 Å². The number of quaternary nitrogens is 1. The highest BCUT2D eigenvalue weighted by atomic mass is 16.5. The van der Waals surface area contributed by atoms with E-state index in [1.165, 1.54) is 11.0 Å². The molecule has 142 valence electrons. The van der Waals surface area contributed by atoms with E-state index in [0.717, 1.165) is 24.3 Å². The Balaban J connectivity index is 2.07. The Morgan fingerprint density at radius 2 is 1.81 bits per heavy atom. The maximum atomic E-state index is 12.0. The number of carbonyl (C=O) groups is 2. The third kappa shape index (κ3) is 5.57. The zero-order valence-corrected chi connectivity index (χ0v) is 15.6. The molecule has 0 bridgehead atoms. The fraction of sp³-hybridized carbons (Fsp3) is 0.474. The molecule has 7 heteroatoms. The molecule has 0 aliphatic carbocycles. The van der Waals surface area contributed by atoms with E-state index in [2.05, 4.69) is 41.5 Å². The van der Waals surface area contributed by atoms with Crippen molar-refractivity contribution in [3.63, 3.8) is 0 Å². The number of benzene rings is 1. The predicted molar refractivity (Wildman–Crippen MR) is 101 cm³/mol. The van der Waals surface area contributed by atoms with E-state index in [4.69, 9.17) is 4.74 Å². The molecule has 1 saturated heterocycles. The van der Waals surface area contributed by atoms with Crippen LogP contribution in [0.4, 0.5) is 5.69 Å². The maximum absolute atomic E-state index is 12.0. The SMILES string of the molecule is C=CCNC(=O)C(=O)NC[C@@H](c1ccc(N(C)C)cc1)[NH+]1CCOCC1. The number of anilines is 1. The molecule has 1 atom stereocenters. The molecule has 1 aromatic carbocycles. The van der Waals surface area contributed by atoms with Gasteiger partial charge in [0.2, 0.25) is 0 Å². The molecule has 1 fully saturated rings. The van der Waals surface area contributed by atoms with E-state index in [9.17, 15) is 9.59 Å². The standard InChI is InChI=1S/C19H28N4O3/c1-4-9-20-18(24)19(25)21-14-17(23-10-12-26-13-11-23)15-5-7-16(8-6-15)22(2)3/h4-8,17H,1,9-14H2,2-3H3,(H,20,24)(H,21,25)/p+1/t17-/m0/s1. The Kier molecular flexibility index (Phi) is 7.62. The third-order valence-electron chi connectivity index (χ3n) is 4.52. The van der Waals surface area contributed by atoms with Gasteiger partial charge >= 0.3 is 11.8 Å². The molecular formula is C19H29N4O3+. The number of nitrogens with one attached hydrogen (secondary N) is 3. The average molecular weight is 361 g/mol. The molecule has 0 spiro atoms. The van der Waals surface area contributed by atoms with Gasteiger partial charge in [-0.05, 0) is 12.1 Å². The summed E-state index contributed by atoms with van der Waals surface area (Å²) in [5.74, 6) is -1.25. The number of hydrogen-bond donors (Lipinski definition) is 3. The van der Waals surface area contributed by atoms with Gasteiger partial charge in [0.25, 0.3) is 0 Å². The van der Waals surface area contributed by atoms with Gasteiger partial charge < -0.3 is 25.2 Å². The Hall–Kier alpha value is -2.38. The summed E-state index contributed by atoms with van der Waals surface area (Å²) in [6.07, 6.45) is 1.54. The summed E-state index contributed by atoms with van der Waals surface area (Å²) in [5, 5.41) is 5.26. The molecule has 3 N–H and O–H groups in total. The second-order valence-electron chi connectivity index (χ2n) is 6.52. The van der Waals surface area contributed by atoms with Crippen LogP contribution in [0.1, 0.15) is 11.6 Å². The molecule has 0 saturated carbocycles. The van der Waals surface area contributed by atoms with Gasteiger partial charge in [0.05, 0.1) is 19.8 Å². The number of rotatable bonds is 7. The molecule has 0 unspecified atom stereocenters. The molecule has 26 heavy (non-hydrogen) atoms. The summed E-state index contributed by atoms with van der Waals surface area (Å²) in [6, 6.07) is 8.40. The van der Waals surface area contributed by atoms with Crippen LogP contribution in [-0.4, -0.2) is 65.3 Å². The van der Waals surface area contributed by atoms with Crippen molar-refractivity contribution in [2.24, 2.45) is 0 Å². The molecule has 2 rings (SSSR count). The smallest absolute Gasteiger partial charge is 0.309 e. The van der Waals surface area contributed by atoms with Crippen molar-refractivity contribution in [2.45, 2.75) is 6.04 Å². The fourth-order valence-electron chi connectivity index (χ4n) is 3.00. The minimum Gasteiger partial charge on any atom is -0.378 e. The van der Waals surface area contributed by atoms with Gasteiger partial charge in [0.15, 0.2) is 0 Å². The van der Waals surface area contributed by atoms with E-state index >= 15 is 0 Å². The number of hydrogen-bond acceptors (Lipinski definition) is 4. The van der Waals surface area contributed by atoms with E-state index in [-0.39, 0.29) is 12.6 Å². The van der Waals surface area contributed by atoms with E-state index < -0.39 is 11.8 Å². The van der Waals surface area contributed by atoms with Crippen molar-refractivity contribution >= 4 is 17.5 Å². The highest BCUT2D eigenvalue weighted by Gasteiger charge is 2.27. The summed E-state index contributed by atoms with van der Waals surface area (Å²) >= 11 is 0. The van der Waals surface area contributed by atoms with Crippen LogP contribution in [0.25, 0.3) is 0 Å². The van der Waals surface area contributed by atoms with Gasteiger partial charge in [-0.25, -0.2) is 0 Å². The van der Waals surface area contributed by atoms with Crippen molar-refractivity contribution in [1.29, 1.82) is 0 Å². The van der Waals surface area contributed by atoms with Crippen LogP contribution in [0.5, 0.6) is 0 Å². The van der Waals surface area contributed by atoms with Crippen molar-refractivity contribution < 1.29 is 19.2 Å². The van der Waals surface area contributed by atoms with Gasteiger partial charge in [-0.3, -0.25) is 9.59 Å². The first-order valence-electron chi connectivity index (χ1n) is 8.89. The minimum atomic E-state index is -0.636. The number of ether oxygens (including phenoxy) is 1. The number of carbonyl (C=O) groups excluding carboxylic acids is 2. The lowest BCUT2D eigenvalue weighted by atomic mass is 10.0. The Morgan fingerprint density at radius 1 is 1.19 bits per heavy atom. The Bertz CT molecular complexity index is 610. The minimum absolute atomic E-state index is 0.0752. The normalized spacial score (nSPS) is 15.8. The zero-order valence-electron chi connectivity index (χ0n) is 15.6. The van der Waals surface area contributed by atoms with Gasteiger partial charge in [0, 0.05) is 31.9 Å². The lowest BCUT2D eigenvalue weighted by Gasteiger charge is -2.32. The Morgan fingerprint density at radius 3 is 2.38 bits per heavy atom. The van der Waals surface area contributed by atoms with Crippen molar-refractivity contribution in [1.82, 2.24) is 10.6 Å².